The van der Waals surface area contributed by atoms with Crippen LogP contribution in [0.15, 0.2) is 48.8 Å². The Morgan fingerprint density at radius 2 is 2.10 bits per heavy atom. The summed E-state index contributed by atoms with van der Waals surface area (Å²) in [4.78, 5) is 17.7. The van der Waals surface area contributed by atoms with Crippen molar-refractivity contribution in [2.45, 2.75) is 12.3 Å². The van der Waals surface area contributed by atoms with Crippen molar-refractivity contribution >= 4 is 17.7 Å². The van der Waals surface area contributed by atoms with Crippen LogP contribution in [-0.2, 0) is 17.1 Å². The highest BCUT2D eigenvalue weighted by Crippen LogP contribution is 2.18. The first kappa shape index (κ1) is 15.4. The van der Waals surface area contributed by atoms with Crippen LogP contribution in [-0.4, -0.2) is 33.7 Å². The summed E-state index contributed by atoms with van der Waals surface area (Å²) in [6.45, 7) is 0.416. The fourth-order valence-electron chi connectivity index (χ4n) is 1.84. The van der Waals surface area contributed by atoms with E-state index in [2.05, 4.69) is 4.98 Å². The first-order valence-electron chi connectivity index (χ1n) is 6.64. The van der Waals surface area contributed by atoms with E-state index in [1.807, 2.05) is 30.5 Å². The average molecular weight is 302 g/mol. The summed E-state index contributed by atoms with van der Waals surface area (Å²) in [6.07, 6.45) is 3.54. The Kier molecular flexibility index (Phi) is 5.63. The summed E-state index contributed by atoms with van der Waals surface area (Å²) in [5, 5.41) is 9.72. The lowest BCUT2D eigenvalue weighted by Gasteiger charge is -2.17. The Balaban J connectivity index is 1.79. The monoisotopic (exact) mass is 302 g/mol. The number of rotatable bonds is 6. The number of carbonyl (C=O) groups excluding carboxylic acids is 1. The van der Waals surface area contributed by atoms with Crippen LogP contribution < -0.4 is 0 Å². The van der Waals surface area contributed by atoms with E-state index >= 15 is 0 Å². The van der Waals surface area contributed by atoms with E-state index < -0.39 is 0 Å². The molecule has 0 spiro atoms. The average Bonchev–Trinajstić information content (AvgIpc) is 2.50. The number of carbonyl (C=O) groups is 1. The van der Waals surface area contributed by atoms with Gasteiger partial charge in [0.05, 0.1) is 5.75 Å². The van der Waals surface area contributed by atoms with Crippen molar-refractivity contribution in [1.29, 1.82) is 0 Å². The minimum Gasteiger partial charge on any atom is -0.508 e. The smallest absolute Gasteiger partial charge is 0.232 e. The minimum atomic E-state index is 0.0483. The lowest BCUT2D eigenvalue weighted by atomic mass is 10.2. The van der Waals surface area contributed by atoms with Gasteiger partial charge in [-0.3, -0.25) is 9.78 Å². The third-order valence-electron chi connectivity index (χ3n) is 3.04. The van der Waals surface area contributed by atoms with Crippen molar-refractivity contribution in [2.24, 2.45) is 0 Å². The Morgan fingerprint density at radius 1 is 1.29 bits per heavy atom. The zero-order chi connectivity index (χ0) is 15.1. The van der Waals surface area contributed by atoms with Gasteiger partial charge in [-0.1, -0.05) is 24.3 Å². The summed E-state index contributed by atoms with van der Waals surface area (Å²) in [5.41, 5.74) is 1.87. The van der Waals surface area contributed by atoms with E-state index in [0.717, 1.165) is 16.9 Å². The molecule has 0 aliphatic heterocycles. The van der Waals surface area contributed by atoms with Gasteiger partial charge >= 0.3 is 0 Å². The molecule has 0 unspecified atom stereocenters. The lowest BCUT2D eigenvalue weighted by Crippen LogP contribution is -2.27. The number of hydrogen-bond donors (Lipinski definition) is 1. The molecule has 1 N–H and O–H groups in total. The van der Waals surface area contributed by atoms with Crippen LogP contribution in [0.1, 0.15) is 11.1 Å². The van der Waals surface area contributed by atoms with Crippen LogP contribution in [0.2, 0.25) is 0 Å². The van der Waals surface area contributed by atoms with Gasteiger partial charge in [0.1, 0.15) is 5.75 Å². The highest BCUT2D eigenvalue weighted by Gasteiger charge is 2.11. The maximum Gasteiger partial charge on any atom is 0.232 e. The summed E-state index contributed by atoms with van der Waals surface area (Å²) in [5.74, 6) is 1.45. The third-order valence-corrected chi connectivity index (χ3v) is 4.03. The molecular formula is C16H18N2O2S. The largest absolute Gasteiger partial charge is 0.508 e. The second-order valence-corrected chi connectivity index (χ2v) is 5.72. The summed E-state index contributed by atoms with van der Waals surface area (Å²) >= 11 is 1.56. The number of thioether (sulfide) groups is 1. The van der Waals surface area contributed by atoms with Crippen molar-refractivity contribution in [3.05, 3.63) is 59.9 Å². The minimum absolute atomic E-state index is 0.0483. The second kappa shape index (κ2) is 7.69. The molecule has 2 aromatic rings. The number of para-hydroxylation sites is 1. The SMILES string of the molecule is CN(Cc1ccccc1O)C(=O)CSCc1cccnc1. The zero-order valence-corrected chi connectivity index (χ0v) is 12.7. The van der Waals surface area contributed by atoms with Crippen LogP contribution in [0.4, 0.5) is 0 Å². The highest BCUT2D eigenvalue weighted by atomic mass is 32.2. The van der Waals surface area contributed by atoms with Gasteiger partial charge in [-0.15, -0.1) is 11.8 Å². The van der Waals surface area contributed by atoms with Crippen molar-refractivity contribution in [3.8, 4) is 5.75 Å². The van der Waals surface area contributed by atoms with Gasteiger partial charge in [-0.2, -0.15) is 0 Å². The molecule has 2 rings (SSSR count). The van der Waals surface area contributed by atoms with E-state index in [9.17, 15) is 9.90 Å². The quantitative estimate of drug-likeness (QED) is 0.891. The Labute approximate surface area is 128 Å². The van der Waals surface area contributed by atoms with Gasteiger partial charge in [-0.05, 0) is 17.7 Å². The molecule has 0 atom stereocenters. The molecule has 21 heavy (non-hydrogen) atoms. The molecule has 5 heteroatoms. The van der Waals surface area contributed by atoms with E-state index in [-0.39, 0.29) is 11.7 Å². The predicted molar refractivity (Wildman–Crippen MR) is 85.0 cm³/mol. The molecule has 0 saturated heterocycles. The second-order valence-electron chi connectivity index (χ2n) is 4.73. The van der Waals surface area contributed by atoms with Crippen LogP contribution in [0.25, 0.3) is 0 Å². The van der Waals surface area contributed by atoms with E-state index in [4.69, 9.17) is 0 Å². The van der Waals surface area contributed by atoms with Gasteiger partial charge in [-0.25, -0.2) is 0 Å². The summed E-state index contributed by atoms with van der Waals surface area (Å²) in [7, 11) is 1.75. The number of benzene rings is 1. The number of amides is 1. The number of hydrogen-bond acceptors (Lipinski definition) is 4. The molecule has 1 heterocycles. The van der Waals surface area contributed by atoms with Crippen molar-refractivity contribution < 1.29 is 9.90 Å². The molecule has 0 radical (unpaired) electrons. The van der Waals surface area contributed by atoms with E-state index in [1.165, 1.54) is 0 Å². The molecule has 1 aromatic carbocycles. The lowest BCUT2D eigenvalue weighted by molar-refractivity contribution is -0.127. The third kappa shape index (κ3) is 4.79. The molecule has 4 nitrogen and oxygen atoms in total. The fourth-order valence-corrected chi connectivity index (χ4v) is 2.74. The number of nitrogens with zero attached hydrogens (tertiary/aromatic N) is 2. The standard InChI is InChI=1S/C16H18N2O2S/c1-18(10-14-6-2-3-7-15(14)19)16(20)12-21-11-13-5-4-8-17-9-13/h2-9,19H,10-12H2,1H3. The van der Waals surface area contributed by atoms with E-state index in [1.54, 1.807) is 42.0 Å². The number of aromatic hydroxyl groups is 1. The Bertz CT molecular complexity index is 590. The highest BCUT2D eigenvalue weighted by molar-refractivity contribution is 7.99. The van der Waals surface area contributed by atoms with Gasteiger partial charge in [0.2, 0.25) is 5.91 Å². The van der Waals surface area contributed by atoms with Gasteiger partial charge < -0.3 is 10.0 Å². The maximum absolute atomic E-state index is 12.1. The van der Waals surface area contributed by atoms with Gasteiger partial charge in [0, 0.05) is 37.3 Å². The molecule has 0 aliphatic rings. The topological polar surface area (TPSA) is 53.4 Å². The maximum atomic E-state index is 12.1. The first-order chi connectivity index (χ1) is 10.2. The van der Waals surface area contributed by atoms with Crippen molar-refractivity contribution in [1.82, 2.24) is 9.88 Å². The molecule has 1 amide bonds. The van der Waals surface area contributed by atoms with Crippen LogP contribution in [0, 0.1) is 0 Å². The molecule has 0 fully saturated rings. The fraction of sp³-hybridized carbons (Fsp3) is 0.250. The first-order valence-corrected chi connectivity index (χ1v) is 7.80. The van der Waals surface area contributed by atoms with E-state index in [0.29, 0.717) is 12.3 Å². The Hall–Kier alpha value is -2.01. The number of aromatic nitrogens is 1. The molecular weight excluding hydrogens is 284 g/mol. The Morgan fingerprint density at radius 3 is 2.81 bits per heavy atom. The molecule has 110 valence electrons. The summed E-state index contributed by atoms with van der Waals surface area (Å²) in [6, 6.07) is 11.0. The number of phenols is 1. The van der Waals surface area contributed by atoms with Crippen LogP contribution in [0.5, 0.6) is 5.75 Å². The van der Waals surface area contributed by atoms with Crippen LogP contribution >= 0.6 is 11.8 Å². The van der Waals surface area contributed by atoms with Gasteiger partial charge in [0.15, 0.2) is 0 Å². The number of pyridine rings is 1. The molecule has 1 aromatic heterocycles. The summed E-state index contributed by atoms with van der Waals surface area (Å²) < 4.78 is 0. The van der Waals surface area contributed by atoms with Crippen LogP contribution in [0.3, 0.4) is 0 Å². The zero-order valence-electron chi connectivity index (χ0n) is 11.9. The predicted octanol–water partition coefficient (Wildman–Crippen LogP) is 2.68. The molecule has 0 aliphatic carbocycles. The van der Waals surface area contributed by atoms with Crippen molar-refractivity contribution in [2.75, 3.05) is 12.8 Å². The molecule has 0 saturated carbocycles. The molecule has 0 bridgehead atoms. The van der Waals surface area contributed by atoms with Gasteiger partial charge in [0.25, 0.3) is 0 Å². The number of phenolic OH excluding ortho intramolecular Hbond substituents is 1. The normalized spacial score (nSPS) is 10.3. The van der Waals surface area contributed by atoms with Crippen molar-refractivity contribution in [3.63, 3.8) is 0 Å².